The Morgan fingerprint density at radius 3 is 2.28 bits per heavy atom. The van der Waals surface area contributed by atoms with E-state index >= 15 is 0 Å². The van der Waals surface area contributed by atoms with Crippen molar-refractivity contribution in [1.29, 1.82) is 0 Å². The van der Waals surface area contributed by atoms with E-state index in [4.69, 9.17) is 16.3 Å². The normalized spacial score (nSPS) is 12.4. The van der Waals surface area contributed by atoms with Gasteiger partial charge in [0.2, 0.25) is 0 Å². The van der Waals surface area contributed by atoms with Crippen molar-refractivity contribution in [2.75, 3.05) is 11.4 Å². The molecule has 0 radical (unpaired) electrons. The quantitative estimate of drug-likeness (QED) is 0.497. The minimum atomic E-state index is -4.04. The summed E-state index contributed by atoms with van der Waals surface area (Å²) >= 11 is 6.17. The molecule has 0 amide bonds. The van der Waals surface area contributed by atoms with Crippen molar-refractivity contribution in [1.82, 2.24) is 0 Å². The summed E-state index contributed by atoms with van der Waals surface area (Å²) in [6.07, 6.45) is 0. The Morgan fingerprint density at radius 1 is 1.03 bits per heavy atom. The highest BCUT2D eigenvalue weighted by Crippen LogP contribution is 2.35. The van der Waals surface area contributed by atoms with Crippen LogP contribution >= 0.6 is 11.6 Å². The molecule has 0 aliphatic rings. The minimum absolute atomic E-state index is 0.0344. The molecular weight excluding hydrogens is 413 g/mol. The average Bonchev–Trinajstić information content (AvgIpc) is 2.70. The summed E-state index contributed by atoms with van der Waals surface area (Å²) < 4.78 is 48.0. The van der Waals surface area contributed by atoms with E-state index in [0.717, 1.165) is 5.56 Å². The first kappa shape index (κ1) is 21.1. The molecule has 1 unspecified atom stereocenters. The second kappa shape index (κ2) is 8.43. The fraction of sp³-hybridized carbons (Fsp3) is 0.182. The lowest BCUT2D eigenvalue weighted by molar-refractivity contribution is 0.415. The third kappa shape index (κ3) is 4.23. The van der Waals surface area contributed by atoms with Crippen LogP contribution in [0, 0.1) is 12.7 Å². The summed E-state index contributed by atoms with van der Waals surface area (Å²) in [5.41, 5.74) is 1.42. The maximum absolute atomic E-state index is 14.5. The molecule has 1 atom stereocenters. The first-order chi connectivity index (χ1) is 13.8. The van der Waals surface area contributed by atoms with Gasteiger partial charge in [0.15, 0.2) is 0 Å². The first-order valence-electron chi connectivity index (χ1n) is 8.94. The molecule has 0 saturated carbocycles. The molecule has 0 aliphatic carbocycles. The number of ether oxygens (including phenoxy) is 1. The zero-order chi connectivity index (χ0) is 21.2. The molecule has 3 aromatic rings. The van der Waals surface area contributed by atoms with Crippen molar-refractivity contribution in [3.05, 3.63) is 88.7 Å². The minimum Gasteiger partial charge on any atom is -0.497 e. The van der Waals surface area contributed by atoms with Crippen LogP contribution in [0.25, 0.3) is 0 Å². The van der Waals surface area contributed by atoms with Gasteiger partial charge in [0.25, 0.3) is 10.0 Å². The molecule has 0 aliphatic heterocycles. The smallest absolute Gasteiger partial charge is 0.264 e. The number of methoxy groups -OCH3 is 1. The first-order valence-corrected chi connectivity index (χ1v) is 10.8. The standard InChI is InChI=1S/C22H21ClFNO3S/c1-15-8-13-19(14-21(15)23)29(26,27)25(17-9-11-18(28-3)12-10-17)16(2)20-6-4-5-7-22(20)24/h4-14,16H,1-3H3. The van der Waals surface area contributed by atoms with Gasteiger partial charge in [-0.05, 0) is 61.9 Å². The van der Waals surface area contributed by atoms with E-state index in [0.29, 0.717) is 16.5 Å². The number of nitrogens with zero attached hydrogens (tertiary/aromatic N) is 1. The number of hydrogen-bond acceptors (Lipinski definition) is 3. The number of aryl methyl sites for hydroxylation is 1. The van der Waals surface area contributed by atoms with Gasteiger partial charge in [0.1, 0.15) is 11.6 Å². The molecule has 0 spiro atoms. The Kier molecular flexibility index (Phi) is 6.15. The van der Waals surface area contributed by atoms with Crippen LogP contribution in [0.3, 0.4) is 0 Å². The molecule has 0 bridgehead atoms. The summed E-state index contributed by atoms with van der Waals surface area (Å²) in [5.74, 6) is 0.110. The Balaban J connectivity index is 2.18. The Morgan fingerprint density at radius 2 is 1.69 bits per heavy atom. The molecule has 0 saturated heterocycles. The van der Waals surface area contributed by atoms with E-state index in [1.807, 2.05) is 0 Å². The fourth-order valence-electron chi connectivity index (χ4n) is 3.09. The number of halogens is 2. The molecular formula is C22H21ClFNO3S. The van der Waals surface area contributed by atoms with Gasteiger partial charge in [-0.1, -0.05) is 35.9 Å². The van der Waals surface area contributed by atoms with E-state index in [-0.39, 0.29) is 10.5 Å². The van der Waals surface area contributed by atoms with Crippen LogP contribution in [0.2, 0.25) is 5.02 Å². The molecule has 0 N–H and O–H groups in total. The lowest BCUT2D eigenvalue weighted by Crippen LogP contribution is -2.34. The second-order valence-corrected chi connectivity index (χ2v) is 8.83. The zero-order valence-corrected chi connectivity index (χ0v) is 17.8. The van der Waals surface area contributed by atoms with Crippen LogP contribution < -0.4 is 9.04 Å². The second-order valence-electron chi connectivity index (χ2n) is 6.61. The number of hydrogen-bond donors (Lipinski definition) is 0. The molecule has 152 valence electrons. The summed E-state index contributed by atoms with van der Waals surface area (Å²) in [6, 6.07) is 16.5. The number of sulfonamides is 1. The average molecular weight is 434 g/mol. The Labute approximate surface area is 175 Å². The Hall–Kier alpha value is -2.57. The van der Waals surface area contributed by atoms with E-state index in [1.54, 1.807) is 62.4 Å². The van der Waals surface area contributed by atoms with Gasteiger partial charge in [0.05, 0.1) is 23.7 Å². The molecule has 3 rings (SSSR count). The van der Waals surface area contributed by atoms with Crippen molar-refractivity contribution in [3.63, 3.8) is 0 Å². The number of benzene rings is 3. The van der Waals surface area contributed by atoms with E-state index in [1.165, 1.54) is 29.6 Å². The third-order valence-electron chi connectivity index (χ3n) is 4.73. The van der Waals surface area contributed by atoms with Gasteiger partial charge in [0, 0.05) is 10.6 Å². The van der Waals surface area contributed by atoms with Gasteiger partial charge >= 0.3 is 0 Å². The molecule has 0 heterocycles. The van der Waals surface area contributed by atoms with Crippen LogP contribution in [0.15, 0.2) is 71.6 Å². The van der Waals surface area contributed by atoms with Crippen LogP contribution in [-0.2, 0) is 10.0 Å². The van der Waals surface area contributed by atoms with E-state index in [2.05, 4.69) is 0 Å². The lowest BCUT2D eigenvalue weighted by Gasteiger charge is -2.31. The van der Waals surface area contributed by atoms with Gasteiger partial charge in [-0.25, -0.2) is 12.8 Å². The SMILES string of the molecule is COc1ccc(N(C(C)c2ccccc2F)S(=O)(=O)c2ccc(C)c(Cl)c2)cc1. The number of anilines is 1. The van der Waals surface area contributed by atoms with Gasteiger partial charge in [-0.15, -0.1) is 0 Å². The predicted molar refractivity (Wildman–Crippen MR) is 114 cm³/mol. The largest absolute Gasteiger partial charge is 0.497 e. The van der Waals surface area contributed by atoms with Crippen LogP contribution in [0.4, 0.5) is 10.1 Å². The monoisotopic (exact) mass is 433 g/mol. The van der Waals surface area contributed by atoms with Gasteiger partial charge < -0.3 is 4.74 Å². The van der Waals surface area contributed by atoms with Crippen LogP contribution in [-0.4, -0.2) is 15.5 Å². The third-order valence-corrected chi connectivity index (χ3v) is 7.04. The summed E-state index contributed by atoms with van der Waals surface area (Å²) in [4.78, 5) is 0.0344. The van der Waals surface area contributed by atoms with E-state index < -0.39 is 21.9 Å². The maximum atomic E-state index is 14.5. The molecule has 7 heteroatoms. The molecule has 0 aromatic heterocycles. The van der Waals surface area contributed by atoms with Crippen molar-refractivity contribution in [3.8, 4) is 5.75 Å². The van der Waals surface area contributed by atoms with Gasteiger partial charge in [-0.2, -0.15) is 0 Å². The van der Waals surface area contributed by atoms with Gasteiger partial charge in [-0.3, -0.25) is 4.31 Å². The molecule has 3 aromatic carbocycles. The van der Waals surface area contributed by atoms with Crippen molar-refractivity contribution in [2.24, 2.45) is 0 Å². The summed E-state index contributed by atoms with van der Waals surface area (Å²) in [6.45, 7) is 3.44. The van der Waals surface area contributed by atoms with Crippen molar-refractivity contribution in [2.45, 2.75) is 24.8 Å². The van der Waals surface area contributed by atoms with Crippen LogP contribution in [0.5, 0.6) is 5.75 Å². The molecule has 0 fully saturated rings. The highest BCUT2D eigenvalue weighted by Gasteiger charge is 2.32. The van der Waals surface area contributed by atoms with Crippen molar-refractivity contribution >= 4 is 27.3 Å². The number of rotatable bonds is 6. The fourth-order valence-corrected chi connectivity index (χ4v) is 5.00. The predicted octanol–water partition coefficient (Wildman–Crippen LogP) is 5.75. The molecule has 29 heavy (non-hydrogen) atoms. The highest BCUT2D eigenvalue weighted by molar-refractivity contribution is 7.92. The highest BCUT2D eigenvalue weighted by atomic mass is 35.5. The maximum Gasteiger partial charge on any atom is 0.264 e. The summed E-state index contributed by atoms with van der Waals surface area (Å²) in [7, 11) is -2.51. The molecule has 4 nitrogen and oxygen atoms in total. The summed E-state index contributed by atoms with van der Waals surface area (Å²) in [5, 5.41) is 0.347. The van der Waals surface area contributed by atoms with Crippen molar-refractivity contribution < 1.29 is 17.5 Å². The topological polar surface area (TPSA) is 46.6 Å². The Bertz CT molecular complexity index is 1120. The van der Waals surface area contributed by atoms with Crippen LogP contribution in [0.1, 0.15) is 24.1 Å². The lowest BCUT2D eigenvalue weighted by atomic mass is 10.1. The zero-order valence-electron chi connectivity index (χ0n) is 16.3. The van der Waals surface area contributed by atoms with E-state index in [9.17, 15) is 12.8 Å².